The number of ether oxygens (including phenoxy) is 1. The molecule has 0 unspecified atom stereocenters. The largest absolute Gasteiger partial charge is 0.441 e. The zero-order chi connectivity index (χ0) is 20.2. The summed E-state index contributed by atoms with van der Waals surface area (Å²) in [5.41, 5.74) is 1.51. The van der Waals surface area contributed by atoms with Gasteiger partial charge in [-0.1, -0.05) is 0 Å². The van der Waals surface area contributed by atoms with Crippen LogP contribution in [0.15, 0.2) is 22.1 Å². The van der Waals surface area contributed by atoms with Gasteiger partial charge in [0.15, 0.2) is 5.88 Å². The number of rotatable bonds is 4. The lowest BCUT2D eigenvalue weighted by atomic mass is 9.96. The van der Waals surface area contributed by atoms with Crippen molar-refractivity contribution in [1.82, 2.24) is 0 Å². The van der Waals surface area contributed by atoms with E-state index < -0.39 is 5.91 Å². The van der Waals surface area contributed by atoms with E-state index in [2.05, 4.69) is 16.3 Å². The van der Waals surface area contributed by atoms with E-state index >= 15 is 0 Å². The van der Waals surface area contributed by atoms with Crippen LogP contribution in [0.5, 0.6) is 0 Å². The molecule has 2 aromatic heterocycles. The molecule has 1 amide bonds. The third-order valence-electron chi connectivity index (χ3n) is 5.10. The molecule has 3 heterocycles. The Morgan fingerprint density at radius 3 is 2.76 bits per heavy atom. The number of anilines is 2. The van der Waals surface area contributed by atoms with E-state index in [-0.39, 0.29) is 5.57 Å². The minimum Gasteiger partial charge on any atom is -0.441 e. The van der Waals surface area contributed by atoms with Gasteiger partial charge in [-0.3, -0.25) is 4.79 Å². The third kappa shape index (κ3) is 4.04. The molecule has 4 rings (SSSR count). The van der Waals surface area contributed by atoms with Crippen LogP contribution in [0.25, 0.3) is 6.08 Å². The number of aryl methyl sites for hydroxylation is 1. The van der Waals surface area contributed by atoms with Gasteiger partial charge in [0.05, 0.1) is 18.8 Å². The number of hydrogen-bond donors (Lipinski definition) is 1. The first-order valence-corrected chi connectivity index (χ1v) is 10.4. The van der Waals surface area contributed by atoms with Crippen LogP contribution in [0, 0.1) is 22.7 Å². The Morgan fingerprint density at radius 1 is 1.21 bits per heavy atom. The van der Waals surface area contributed by atoms with Crippen LogP contribution >= 0.6 is 11.3 Å². The highest BCUT2D eigenvalue weighted by Crippen LogP contribution is 2.37. The Bertz CT molecular complexity index is 1030. The van der Waals surface area contributed by atoms with Crippen LogP contribution in [0.3, 0.4) is 0 Å². The smallest absolute Gasteiger partial charge is 0.267 e. The van der Waals surface area contributed by atoms with Crippen molar-refractivity contribution in [2.45, 2.75) is 25.7 Å². The number of thiophene rings is 1. The third-order valence-corrected chi connectivity index (χ3v) is 6.30. The summed E-state index contributed by atoms with van der Waals surface area (Å²) < 4.78 is 11.1. The summed E-state index contributed by atoms with van der Waals surface area (Å²) in [6, 6.07) is 7.71. The summed E-state index contributed by atoms with van der Waals surface area (Å²) in [5.74, 6) is 0.589. The van der Waals surface area contributed by atoms with E-state index in [0.717, 1.165) is 49.2 Å². The maximum atomic E-state index is 12.7. The molecule has 1 aliphatic heterocycles. The molecule has 0 aromatic carbocycles. The molecule has 0 radical (unpaired) electrons. The maximum Gasteiger partial charge on any atom is 0.267 e. The van der Waals surface area contributed by atoms with Crippen molar-refractivity contribution in [3.63, 3.8) is 0 Å². The zero-order valence-corrected chi connectivity index (χ0v) is 16.7. The van der Waals surface area contributed by atoms with E-state index in [4.69, 9.17) is 9.15 Å². The SMILES string of the molecule is N#C/C(=C/c1ccc(N2CCOCC2)o1)C(=O)Nc1sc2c(c1C#N)CCCC2. The molecule has 0 atom stereocenters. The molecule has 0 saturated carbocycles. The van der Waals surface area contributed by atoms with Crippen LogP contribution in [-0.2, 0) is 22.4 Å². The fourth-order valence-electron chi connectivity index (χ4n) is 3.61. The molecule has 1 aliphatic carbocycles. The van der Waals surface area contributed by atoms with E-state index in [1.54, 1.807) is 6.07 Å². The van der Waals surface area contributed by atoms with Gasteiger partial charge in [-0.25, -0.2) is 0 Å². The van der Waals surface area contributed by atoms with Gasteiger partial charge in [0, 0.05) is 30.1 Å². The van der Waals surface area contributed by atoms with Crippen molar-refractivity contribution in [1.29, 1.82) is 10.5 Å². The first-order valence-electron chi connectivity index (χ1n) is 9.60. The van der Waals surface area contributed by atoms with Crippen molar-refractivity contribution in [3.05, 3.63) is 39.5 Å². The number of carbonyl (C=O) groups excluding carboxylic acids is 1. The van der Waals surface area contributed by atoms with Crippen LogP contribution in [0.4, 0.5) is 10.9 Å². The Hall–Kier alpha value is -3.07. The number of amides is 1. The lowest BCUT2D eigenvalue weighted by Gasteiger charge is -2.26. The van der Waals surface area contributed by atoms with Gasteiger partial charge in [-0.05, 0) is 37.3 Å². The lowest BCUT2D eigenvalue weighted by molar-refractivity contribution is -0.112. The normalized spacial score (nSPS) is 16.6. The summed E-state index contributed by atoms with van der Waals surface area (Å²) >= 11 is 1.44. The van der Waals surface area contributed by atoms with E-state index in [1.165, 1.54) is 17.4 Å². The zero-order valence-electron chi connectivity index (χ0n) is 15.9. The number of fused-ring (bicyclic) bond motifs is 1. The molecule has 2 aliphatic rings. The average Bonchev–Trinajstić information content (AvgIpc) is 3.36. The average molecular weight is 408 g/mol. The number of furan rings is 1. The number of carbonyl (C=O) groups is 1. The fourth-order valence-corrected chi connectivity index (χ4v) is 4.84. The predicted octanol–water partition coefficient (Wildman–Crippen LogP) is 3.47. The van der Waals surface area contributed by atoms with Crippen LogP contribution in [-0.4, -0.2) is 32.2 Å². The second kappa shape index (κ2) is 8.52. The summed E-state index contributed by atoms with van der Waals surface area (Å²) in [4.78, 5) is 15.9. The number of nitriles is 2. The van der Waals surface area contributed by atoms with Crippen molar-refractivity contribution in [2.24, 2.45) is 0 Å². The van der Waals surface area contributed by atoms with E-state index in [0.29, 0.717) is 35.4 Å². The molecule has 0 bridgehead atoms. The minimum absolute atomic E-state index is 0.0665. The molecule has 1 saturated heterocycles. The molecule has 1 fully saturated rings. The number of morpholine rings is 1. The van der Waals surface area contributed by atoms with Gasteiger partial charge >= 0.3 is 0 Å². The summed E-state index contributed by atoms with van der Waals surface area (Å²) in [7, 11) is 0. The highest BCUT2D eigenvalue weighted by molar-refractivity contribution is 7.16. The van der Waals surface area contributed by atoms with Crippen LogP contribution in [0.2, 0.25) is 0 Å². The highest BCUT2D eigenvalue weighted by Gasteiger charge is 2.23. The van der Waals surface area contributed by atoms with Gasteiger partial charge in [0.1, 0.15) is 28.5 Å². The van der Waals surface area contributed by atoms with Crippen LogP contribution in [0.1, 0.15) is 34.6 Å². The quantitative estimate of drug-likeness (QED) is 0.614. The van der Waals surface area contributed by atoms with Gasteiger partial charge in [-0.2, -0.15) is 10.5 Å². The summed E-state index contributed by atoms with van der Waals surface area (Å²) in [5, 5.41) is 22.3. The summed E-state index contributed by atoms with van der Waals surface area (Å²) in [6.07, 6.45) is 5.38. The van der Waals surface area contributed by atoms with E-state index in [1.807, 2.05) is 12.1 Å². The van der Waals surface area contributed by atoms with Gasteiger partial charge < -0.3 is 19.4 Å². The predicted molar refractivity (Wildman–Crippen MR) is 110 cm³/mol. The summed E-state index contributed by atoms with van der Waals surface area (Å²) in [6.45, 7) is 2.76. The fraction of sp³-hybridized carbons (Fsp3) is 0.381. The Balaban J connectivity index is 1.52. The second-order valence-electron chi connectivity index (χ2n) is 6.93. The van der Waals surface area contributed by atoms with Gasteiger partial charge in [0.2, 0.25) is 0 Å². The molecule has 7 nitrogen and oxygen atoms in total. The van der Waals surface area contributed by atoms with Gasteiger partial charge in [-0.15, -0.1) is 11.3 Å². The molecule has 29 heavy (non-hydrogen) atoms. The van der Waals surface area contributed by atoms with Crippen molar-refractivity contribution >= 4 is 34.2 Å². The molecular formula is C21H20N4O3S. The van der Waals surface area contributed by atoms with Crippen molar-refractivity contribution in [3.8, 4) is 12.1 Å². The number of hydrogen-bond acceptors (Lipinski definition) is 7. The standard InChI is InChI=1S/C21H20N4O3S/c22-12-14(11-15-5-6-19(28-15)25-7-9-27-10-8-25)20(26)24-21-17(13-23)16-3-1-2-4-18(16)29-21/h5-6,11H,1-4,7-10H2,(H,24,26)/b14-11-. The van der Waals surface area contributed by atoms with E-state index in [9.17, 15) is 15.3 Å². The monoisotopic (exact) mass is 408 g/mol. The Morgan fingerprint density at radius 2 is 2.00 bits per heavy atom. The minimum atomic E-state index is -0.535. The molecule has 8 heteroatoms. The highest BCUT2D eigenvalue weighted by atomic mass is 32.1. The molecule has 0 spiro atoms. The van der Waals surface area contributed by atoms with Gasteiger partial charge in [0.25, 0.3) is 5.91 Å². The molecule has 2 aromatic rings. The van der Waals surface area contributed by atoms with Crippen molar-refractivity contribution < 1.29 is 13.9 Å². The Kier molecular flexibility index (Phi) is 5.66. The molecule has 148 valence electrons. The Labute approximate surface area is 172 Å². The first-order chi connectivity index (χ1) is 14.2. The maximum absolute atomic E-state index is 12.7. The first kappa shape index (κ1) is 19.3. The lowest BCUT2D eigenvalue weighted by Crippen LogP contribution is -2.35. The molecular weight excluding hydrogens is 388 g/mol. The van der Waals surface area contributed by atoms with Crippen molar-refractivity contribution in [2.75, 3.05) is 36.5 Å². The topological polar surface area (TPSA) is 102 Å². The number of nitrogens with one attached hydrogen (secondary N) is 1. The van der Waals surface area contributed by atoms with Crippen LogP contribution < -0.4 is 10.2 Å². The number of nitrogens with zero attached hydrogens (tertiary/aromatic N) is 3. The second-order valence-corrected chi connectivity index (χ2v) is 8.03. The molecule has 1 N–H and O–H groups in total.